The molecule has 2 nitrogen and oxygen atoms in total. The maximum Gasteiger partial charge on any atom is 0.297 e. The predicted molar refractivity (Wildman–Crippen MR) is 113 cm³/mol. The Hall–Kier alpha value is -0.815. The van der Waals surface area contributed by atoms with Crippen LogP contribution in [0.4, 0.5) is 0 Å². The first kappa shape index (κ1) is 24.2. The van der Waals surface area contributed by atoms with Crippen LogP contribution in [0.2, 0.25) is 6.32 Å². The van der Waals surface area contributed by atoms with Crippen LogP contribution in [0, 0.1) is 0 Å². The smallest absolute Gasteiger partial charge is 0.297 e. The van der Waals surface area contributed by atoms with Crippen molar-refractivity contribution in [3.05, 3.63) is 35.9 Å². The zero-order valence-corrected chi connectivity index (χ0v) is 17.4. The second-order valence-electron chi connectivity index (χ2n) is 6.25. The summed E-state index contributed by atoms with van der Waals surface area (Å²) in [6, 6.07) is 9.49. The molecular formula is C21H36BO2P. The van der Waals surface area contributed by atoms with Crippen molar-refractivity contribution >= 4 is 21.7 Å². The highest BCUT2D eigenvalue weighted by atomic mass is 31.1. The molecule has 0 saturated heterocycles. The molecule has 1 aromatic carbocycles. The molecule has 0 unspecified atom stereocenters. The van der Waals surface area contributed by atoms with Gasteiger partial charge >= 0.3 is 0 Å². The Balaban J connectivity index is 0.000000462. The molecule has 0 N–H and O–H groups in total. The van der Waals surface area contributed by atoms with Gasteiger partial charge in [-0.3, -0.25) is 4.79 Å². The Bertz CT molecular complexity index is 393. The summed E-state index contributed by atoms with van der Waals surface area (Å²) in [7, 11) is 5.48. The molecular weight excluding hydrogens is 326 g/mol. The van der Waals surface area contributed by atoms with E-state index in [2.05, 4.69) is 20.8 Å². The van der Waals surface area contributed by atoms with Crippen molar-refractivity contribution in [2.45, 2.75) is 72.2 Å². The summed E-state index contributed by atoms with van der Waals surface area (Å²) in [5.41, 5.74) is 0.972. The van der Waals surface area contributed by atoms with E-state index in [1.807, 2.05) is 30.3 Å². The van der Waals surface area contributed by atoms with E-state index in [0.29, 0.717) is 14.5 Å². The molecule has 0 aliphatic rings. The van der Waals surface area contributed by atoms with E-state index in [0.717, 1.165) is 5.56 Å². The molecule has 25 heavy (non-hydrogen) atoms. The Morgan fingerprint density at radius 1 is 0.920 bits per heavy atom. The van der Waals surface area contributed by atoms with Crippen molar-refractivity contribution in [3.63, 3.8) is 0 Å². The summed E-state index contributed by atoms with van der Waals surface area (Å²) in [5, 5.41) is 0. The highest BCUT2D eigenvalue weighted by Gasteiger charge is 2.05. The number of hydrogen-bond acceptors (Lipinski definition) is 2. The first-order valence-corrected chi connectivity index (χ1v) is 11.7. The molecule has 2 radical (unpaired) electrons. The molecule has 4 heteroatoms. The number of benzene rings is 1. The Labute approximate surface area is 158 Å². The SMILES string of the molecule is CCCCP(CCCC)CCCC.[B]CC(=O)OCc1ccccc1. The van der Waals surface area contributed by atoms with Crippen molar-refractivity contribution in [2.24, 2.45) is 0 Å². The number of carbonyl (C=O) groups excluding carboxylic acids is 1. The number of ether oxygens (including phenoxy) is 1. The molecule has 0 atom stereocenters. The molecule has 140 valence electrons. The maximum absolute atomic E-state index is 10.6. The molecule has 0 aromatic heterocycles. The second kappa shape index (κ2) is 18.0. The summed E-state index contributed by atoms with van der Waals surface area (Å²) in [4.78, 5) is 10.6. The predicted octanol–water partition coefficient (Wildman–Crippen LogP) is 6.19. The molecule has 0 amide bonds. The Morgan fingerprint density at radius 3 is 1.80 bits per heavy atom. The van der Waals surface area contributed by atoms with Crippen LogP contribution in [-0.4, -0.2) is 32.3 Å². The summed E-state index contributed by atoms with van der Waals surface area (Å²) in [6.45, 7) is 7.24. The summed E-state index contributed by atoms with van der Waals surface area (Å²) >= 11 is 0. The first-order valence-electron chi connectivity index (χ1n) is 9.79. The second-order valence-corrected chi connectivity index (χ2v) is 8.94. The lowest BCUT2D eigenvalue weighted by atomic mass is 10.1. The zero-order valence-electron chi connectivity index (χ0n) is 16.5. The van der Waals surface area contributed by atoms with Gasteiger partial charge in [-0.25, -0.2) is 0 Å². The van der Waals surface area contributed by atoms with E-state index >= 15 is 0 Å². The fraction of sp³-hybridized carbons (Fsp3) is 0.667. The summed E-state index contributed by atoms with van der Waals surface area (Å²) in [5.74, 6) is -0.376. The minimum Gasteiger partial charge on any atom is -0.461 e. The monoisotopic (exact) mass is 362 g/mol. The van der Waals surface area contributed by atoms with E-state index in [9.17, 15) is 4.79 Å². The van der Waals surface area contributed by atoms with Gasteiger partial charge in [0.15, 0.2) is 0 Å². The van der Waals surface area contributed by atoms with Crippen LogP contribution < -0.4 is 0 Å². The fourth-order valence-electron chi connectivity index (χ4n) is 2.28. The lowest BCUT2D eigenvalue weighted by molar-refractivity contribution is -0.142. The zero-order chi connectivity index (χ0) is 18.8. The Morgan fingerprint density at radius 2 is 1.40 bits per heavy atom. The van der Waals surface area contributed by atoms with Gasteiger partial charge in [0.1, 0.15) is 6.61 Å². The van der Waals surface area contributed by atoms with Gasteiger partial charge in [0, 0.05) is 6.32 Å². The van der Waals surface area contributed by atoms with Gasteiger partial charge in [0.25, 0.3) is 5.97 Å². The topological polar surface area (TPSA) is 26.3 Å². The maximum atomic E-state index is 10.6. The van der Waals surface area contributed by atoms with Gasteiger partial charge < -0.3 is 4.74 Å². The molecule has 0 bridgehead atoms. The molecule has 0 spiro atoms. The lowest BCUT2D eigenvalue weighted by Crippen LogP contribution is -2.02. The Kier molecular flexibility index (Phi) is 17.4. The van der Waals surface area contributed by atoms with Gasteiger partial charge in [-0.2, -0.15) is 0 Å². The average molecular weight is 362 g/mol. The van der Waals surface area contributed by atoms with Crippen molar-refractivity contribution < 1.29 is 9.53 Å². The molecule has 0 aliphatic carbocycles. The van der Waals surface area contributed by atoms with Crippen molar-refractivity contribution in [3.8, 4) is 0 Å². The molecule has 0 aliphatic heterocycles. The lowest BCUT2D eigenvalue weighted by Gasteiger charge is -2.16. The van der Waals surface area contributed by atoms with E-state index in [1.54, 1.807) is 18.5 Å². The van der Waals surface area contributed by atoms with Crippen molar-refractivity contribution in [1.29, 1.82) is 0 Å². The third-order valence-electron chi connectivity index (χ3n) is 3.89. The summed E-state index contributed by atoms with van der Waals surface area (Å²) < 4.78 is 4.81. The minimum atomic E-state index is -0.376. The van der Waals surface area contributed by atoms with Gasteiger partial charge in [-0.1, -0.05) is 70.4 Å². The third kappa shape index (κ3) is 15.2. The molecule has 0 heterocycles. The van der Waals surface area contributed by atoms with Crippen LogP contribution in [0.5, 0.6) is 0 Å². The van der Waals surface area contributed by atoms with Gasteiger partial charge in [-0.15, -0.1) is 7.92 Å². The number of carbonyl (C=O) groups is 1. The van der Waals surface area contributed by atoms with E-state index < -0.39 is 0 Å². The van der Waals surface area contributed by atoms with Crippen LogP contribution in [0.25, 0.3) is 0 Å². The van der Waals surface area contributed by atoms with Crippen molar-refractivity contribution in [2.75, 3.05) is 18.5 Å². The van der Waals surface area contributed by atoms with Crippen LogP contribution in [0.1, 0.15) is 64.9 Å². The van der Waals surface area contributed by atoms with E-state index in [4.69, 9.17) is 12.6 Å². The first-order chi connectivity index (χ1) is 12.2. The van der Waals surface area contributed by atoms with Crippen LogP contribution in [0.3, 0.4) is 0 Å². The van der Waals surface area contributed by atoms with Gasteiger partial charge in [0.2, 0.25) is 0 Å². The van der Waals surface area contributed by atoms with E-state index in [1.165, 1.54) is 38.5 Å². The molecule has 0 fully saturated rings. The van der Waals surface area contributed by atoms with Crippen LogP contribution >= 0.6 is 7.92 Å². The van der Waals surface area contributed by atoms with Crippen molar-refractivity contribution in [1.82, 2.24) is 0 Å². The highest BCUT2D eigenvalue weighted by Crippen LogP contribution is 2.38. The standard InChI is InChI=1S/C12H27P.C9H9BO2/c1-4-7-10-13(11-8-5-2)12-9-6-3;10-6-9(11)12-7-8-4-2-1-3-5-8/h4-12H2,1-3H3;1-5H,6-7H2. The normalized spacial score (nSPS) is 10.2. The molecule has 0 saturated carbocycles. The van der Waals surface area contributed by atoms with Gasteiger partial charge in [0.05, 0.1) is 7.85 Å². The number of unbranched alkanes of at least 4 members (excludes halogenated alkanes) is 3. The number of hydrogen-bond donors (Lipinski definition) is 0. The van der Waals surface area contributed by atoms with Gasteiger partial charge in [-0.05, 0) is 43.3 Å². The quantitative estimate of drug-likeness (QED) is 0.252. The summed E-state index contributed by atoms with van der Waals surface area (Å²) in [6.07, 6.45) is 13.2. The average Bonchev–Trinajstić information content (AvgIpc) is 2.66. The highest BCUT2D eigenvalue weighted by molar-refractivity contribution is 7.57. The third-order valence-corrected chi connectivity index (χ3v) is 6.74. The molecule has 1 rings (SSSR count). The number of rotatable bonds is 12. The largest absolute Gasteiger partial charge is 0.461 e. The molecule has 1 aromatic rings. The minimum absolute atomic E-state index is 0.0627. The van der Waals surface area contributed by atoms with E-state index in [-0.39, 0.29) is 12.3 Å². The van der Waals surface area contributed by atoms with Crippen LogP contribution in [-0.2, 0) is 16.1 Å². The van der Waals surface area contributed by atoms with Crippen LogP contribution in [0.15, 0.2) is 30.3 Å². The number of esters is 1. The fourth-order valence-corrected chi connectivity index (χ4v) is 5.24.